The van der Waals surface area contributed by atoms with Crippen LogP contribution in [-0.2, 0) is 23.0 Å². The molecule has 0 aliphatic carbocycles. The first kappa shape index (κ1) is 26.4. The van der Waals surface area contributed by atoms with Crippen molar-refractivity contribution in [2.75, 3.05) is 38.1 Å². The first-order chi connectivity index (χ1) is 18.3. The Kier molecular flexibility index (Phi) is 7.56. The number of aromatic nitrogens is 2. The SMILES string of the molecule is Cc1cc(C(=N)CC=N)cc2c(N3CCc4ccc(S(=O)(=O)N(C)CC5CCNCC5)cc4C3)ncnc12. The third-order valence-electron chi connectivity index (χ3n) is 7.73. The summed E-state index contributed by atoms with van der Waals surface area (Å²) in [5.74, 6) is 1.16. The van der Waals surface area contributed by atoms with Gasteiger partial charge in [0.2, 0.25) is 10.0 Å². The predicted octanol–water partition coefficient (Wildman–Crippen LogP) is 3.53. The van der Waals surface area contributed by atoms with E-state index in [0.717, 1.165) is 77.9 Å². The summed E-state index contributed by atoms with van der Waals surface area (Å²) in [6.07, 6.45) is 5.85. The Hall–Kier alpha value is -3.21. The highest BCUT2D eigenvalue weighted by molar-refractivity contribution is 7.89. The number of piperidine rings is 1. The average Bonchev–Trinajstić information content (AvgIpc) is 2.92. The number of aryl methyl sites for hydroxylation is 1. The van der Waals surface area contributed by atoms with Crippen LogP contribution in [0.15, 0.2) is 41.6 Å². The van der Waals surface area contributed by atoms with Gasteiger partial charge in [-0.2, -0.15) is 0 Å². The minimum absolute atomic E-state index is 0.272. The largest absolute Gasteiger partial charge is 0.351 e. The minimum atomic E-state index is -3.59. The van der Waals surface area contributed by atoms with Gasteiger partial charge in [-0.05, 0) is 91.7 Å². The fourth-order valence-corrected chi connectivity index (χ4v) is 6.86. The molecule has 1 fully saturated rings. The van der Waals surface area contributed by atoms with E-state index in [2.05, 4.69) is 20.2 Å². The standard InChI is InChI=1S/C28H35N7O2S/c1-19-13-22(26(30)5-9-29)15-25-27(19)32-18-33-28(25)35-12-8-21-3-4-24(14-23(21)17-35)38(36,37)34(2)16-20-6-10-31-11-7-20/h3-4,9,13-15,18,20,29-31H,5-8,10-12,16-17H2,1-2H3. The topological polar surface area (TPSA) is 126 Å². The molecule has 1 saturated heterocycles. The molecule has 2 aliphatic heterocycles. The molecule has 2 aliphatic rings. The van der Waals surface area contributed by atoms with Crippen LogP contribution in [0.5, 0.6) is 0 Å². The summed E-state index contributed by atoms with van der Waals surface area (Å²) in [5.41, 5.74) is 5.08. The van der Waals surface area contributed by atoms with E-state index in [1.54, 1.807) is 19.4 Å². The number of rotatable bonds is 8. The Labute approximate surface area is 224 Å². The fraction of sp³-hybridized carbons (Fsp3) is 0.429. The number of nitrogens with zero attached hydrogens (tertiary/aromatic N) is 4. The second kappa shape index (κ2) is 10.9. The van der Waals surface area contributed by atoms with Gasteiger partial charge in [0, 0.05) is 50.4 Å². The molecule has 10 heteroatoms. The van der Waals surface area contributed by atoms with E-state index in [9.17, 15) is 8.42 Å². The summed E-state index contributed by atoms with van der Waals surface area (Å²) in [7, 11) is -1.90. The van der Waals surface area contributed by atoms with Gasteiger partial charge in [-0.1, -0.05) is 6.07 Å². The maximum atomic E-state index is 13.5. The molecule has 5 rings (SSSR count). The maximum Gasteiger partial charge on any atom is 0.242 e. The van der Waals surface area contributed by atoms with E-state index in [1.165, 1.54) is 10.5 Å². The number of benzene rings is 2. The minimum Gasteiger partial charge on any atom is -0.351 e. The lowest BCUT2D eigenvalue weighted by Crippen LogP contribution is -2.37. The lowest BCUT2D eigenvalue weighted by molar-refractivity contribution is 0.311. The van der Waals surface area contributed by atoms with Crippen LogP contribution >= 0.6 is 0 Å². The number of nitrogens with one attached hydrogen (secondary N) is 3. The Morgan fingerprint density at radius 2 is 1.97 bits per heavy atom. The first-order valence-electron chi connectivity index (χ1n) is 13.1. The van der Waals surface area contributed by atoms with Gasteiger partial charge in [-0.25, -0.2) is 22.7 Å². The number of anilines is 1. The second-order valence-electron chi connectivity index (χ2n) is 10.4. The highest BCUT2D eigenvalue weighted by atomic mass is 32.2. The highest BCUT2D eigenvalue weighted by Gasteiger charge is 2.27. The second-order valence-corrected chi connectivity index (χ2v) is 12.4. The van der Waals surface area contributed by atoms with Crippen LogP contribution < -0.4 is 10.2 Å². The Morgan fingerprint density at radius 1 is 1.18 bits per heavy atom. The van der Waals surface area contributed by atoms with Crippen LogP contribution in [0.1, 0.15) is 41.5 Å². The zero-order chi connectivity index (χ0) is 26.9. The molecule has 3 heterocycles. The van der Waals surface area contributed by atoms with Crippen molar-refractivity contribution in [2.45, 2.75) is 44.0 Å². The number of hydrogen-bond acceptors (Lipinski definition) is 8. The van der Waals surface area contributed by atoms with E-state index in [-0.39, 0.29) is 6.42 Å². The molecular formula is C28H35N7O2S. The van der Waals surface area contributed by atoms with Crippen LogP contribution in [-0.4, -0.2) is 67.8 Å². The molecule has 1 aromatic heterocycles. The van der Waals surface area contributed by atoms with Crippen LogP contribution in [0.4, 0.5) is 5.82 Å². The van der Waals surface area contributed by atoms with Gasteiger partial charge >= 0.3 is 0 Å². The average molecular weight is 534 g/mol. The summed E-state index contributed by atoms with van der Waals surface area (Å²) < 4.78 is 28.4. The van der Waals surface area contributed by atoms with Crippen molar-refractivity contribution < 1.29 is 8.42 Å². The number of hydrogen-bond donors (Lipinski definition) is 3. The normalized spacial score (nSPS) is 16.6. The summed E-state index contributed by atoms with van der Waals surface area (Å²) in [6, 6.07) is 9.41. The van der Waals surface area contributed by atoms with Gasteiger partial charge in [-0.3, -0.25) is 0 Å². The molecule has 200 valence electrons. The predicted molar refractivity (Wildman–Crippen MR) is 151 cm³/mol. The molecule has 3 N–H and O–H groups in total. The molecule has 0 radical (unpaired) electrons. The maximum absolute atomic E-state index is 13.5. The van der Waals surface area contributed by atoms with Crippen LogP contribution in [0.25, 0.3) is 10.9 Å². The first-order valence-corrected chi connectivity index (χ1v) is 14.6. The summed E-state index contributed by atoms with van der Waals surface area (Å²) >= 11 is 0. The van der Waals surface area contributed by atoms with Crippen LogP contribution in [0.3, 0.4) is 0 Å². The van der Waals surface area contributed by atoms with Gasteiger partial charge in [0.05, 0.1) is 10.4 Å². The quantitative estimate of drug-likeness (QED) is 0.380. The number of fused-ring (bicyclic) bond motifs is 2. The van der Waals surface area contributed by atoms with Crippen molar-refractivity contribution in [2.24, 2.45) is 5.92 Å². The van der Waals surface area contributed by atoms with E-state index < -0.39 is 10.0 Å². The summed E-state index contributed by atoms with van der Waals surface area (Å²) in [5, 5.41) is 19.9. The third-order valence-corrected chi connectivity index (χ3v) is 9.55. The van der Waals surface area contributed by atoms with Crippen LogP contribution in [0, 0.1) is 23.7 Å². The van der Waals surface area contributed by atoms with Crippen molar-refractivity contribution in [1.29, 1.82) is 10.8 Å². The smallest absolute Gasteiger partial charge is 0.242 e. The van der Waals surface area contributed by atoms with E-state index in [4.69, 9.17) is 10.8 Å². The summed E-state index contributed by atoms with van der Waals surface area (Å²) in [6.45, 7) is 5.69. The molecule has 0 bridgehead atoms. The molecule has 38 heavy (non-hydrogen) atoms. The Bertz CT molecular complexity index is 1480. The zero-order valence-electron chi connectivity index (χ0n) is 22.0. The molecule has 0 unspecified atom stereocenters. The van der Waals surface area contributed by atoms with Crippen molar-refractivity contribution in [3.63, 3.8) is 0 Å². The van der Waals surface area contributed by atoms with Gasteiger partial charge in [0.1, 0.15) is 12.1 Å². The highest BCUT2D eigenvalue weighted by Crippen LogP contribution is 2.32. The van der Waals surface area contributed by atoms with Gasteiger partial charge < -0.3 is 21.0 Å². The molecule has 2 aromatic carbocycles. The van der Waals surface area contributed by atoms with Crippen molar-refractivity contribution in [1.82, 2.24) is 19.6 Å². The number of sulfonamides is 1. The monoisotopic (exact) mass is 533 g/mol. The fourth-order valence-electron chi connectivity index (χ4n) is 5.56. The Balaban J connectivity index is 1.43. The molecule has 0 atom stereocenters. The van der Waals surface area contributed by atoms with Gasteiger partial charge in [0.25, 0.3) is 0 Å². The lowest BCUT2D eigenvalue weighted by atomic mass is 9.98. The third kappa shape index (κ3) is 5.21. The van der Waals surface area contributed by atoms with Crippen molar-refractivity contribution in [3.8, 4) is 0 Å². The van der Waals surface area contributed by atoms with Crippen molar-refractivity contribution >= 4 is 38.7 Å². The molecule has 9 nitrogen and oxygen atoms in total. The van der Waals surface area contributed by atoms with E-state index in [1.807, 2.05) is 31.2 Å². The molecule has 3 aromatic rings. The summed E-state index contributed by atoms with van der Waals surface area (Å²) in [4.78, 5) is 11.6. The zero-order valence-corrected chi connectivity index (χ0v) is 22.8. The molecule has 0 saturated carbocycles. The molecular weight excluding hydrogens is 498 g/mol. The van der Waals surface area contributed by atoms with Gasteiger partial charge in [-0.15, -0.1) is 0 Å². The van der Waals surface area contributed by atoms with E-state index in [0.29, 0.717) is 29.6 Å². The lowest BCUT2D eigenvalue weighted by Gasteiger charge is -2.31. The Morgan fingerprint density at radius 3 is 2.74 bits per heavy atom. The van der Waals surface area contributed by atoms with Crippen molar-refractivity contribution in [3.05, 3.63) is 58.9 Å². The van der Waals surface area contributed by atoms with Crippen LogP contribution in [0.2, 0.25) is 0 Å². The molecule has 0 amide bonds. The van der Waals surface area contributed by atoms with Gasteiger partial charge in [0.15, 0.2) is 0 Å². The van der Waals surface area contributed by atoms with E-state index >= 15 is 0 Å². The molecule has 0 spiro atoms.